The van der Waals surface area contributed by atoms with Crippen molar-refractivity contribution in [3.8, 4) is 0 Å². The molecule has 0 radical (unpaired) electrons. The van der Waals surface area contributed by atoms with Crippen LogP contribution in [0.1, 0.15) is 31.7 Å². The van der Waals surface area contributed by atoms with Crippen molar-refractivity contribution in [2.45, 2.75) is 37.6 Å². The highest BCUT2D eigenvalue weighted by atomic mass is 32.2. The fraction of sp³-hybridized carbons (Fsp3) is 0.529. The van der Waals surface area contributed by atoms with Crippen molar-refractivity contribution in [2.75, 3.05) is 24.7 Å². The molecule has 0 saturated carbocycles. The van der Waals surface area contributed by atoms with Gasteiger partial charge in [0, 0.05) is 12.2 Å². The van der Waals surface area contributed by atoms with Crippen LogP contribution >= 0.6 is 0 Å². The molecule has 2 heterocycles. The molecule has 8 heteroatoms. The van der Waals surface area contributed by atoms with Crippen molar-refractivity contribution >= 4 is 27.5 Å². The SMILES string of the molecule is CCC[C@@H]1N(C(=O)CNS(C)(=O)=O)CC[C@]12C(=O)Nc1ccccc12. The molecule has 1 spiro atoms. The van der Waals surface area contributed by atoms with Gasteiger partial charge in [0.15, 0.2) is 0 Å². The van der Waals surface area contributed by atoms with Crippen LogP contribution in [0.25, 0.3) is 0 Å². The fourth-order valence-corrected chi connectivity index (χ4v) is 4.46. The summed E-state index contributed by atoms with van der Waals surface area (Å²) in [4.78, 5) is 27.1. The number of sulfonamides is 1. The van der Waals surface area contributed by atoms with Gasteiger partial charge in [0.25, 0.3) is 0 Å². The molecule has 2 aliphatic heterocycles. The van der Waals surface area contributed by atoms with Crippen molar-refractivity contribution in [3.63, 3.8) is 0 Å². The summed E-state index contributed by atoms with van der Waals surface area (Å²) in [5, 5.41) is 2.95. The minimum Gasteiger partial charge on any atom is -0.337 e. The maximum absolute atomic E-state index is 12.9. The van der Waals surface area contributed by atoms with Crippen LogP contribution in [0.15, 0.2) is 24.3 Å². The maximum atomic E-state index is 12.9. The number of hydrogen-bond acceptors (Lipinski definition) is 4. The second kappa shape index (κ2) is 6.42. The second-order valence-corrected chi connectivity index (χ2v) is 8.54. The van der Waals surface area contributed by atoms with Crippen LogP contribution in [0.5, 0.6) is 0 Å². The predicted octanol–water partition coefficient (Wildman–Crippen LogP) is 0.827. The van der Waals surface area contributed by atoms with E-state index in [0.29, 0.717) is 19.4 Å². The molecule has 3 rings (SSSR count). The number of amides is 2. The monoisotopic (exact) mass is 365 g/mol. The molecule has 136 valence electrons. The largest absolute Gasteiger partial charge is 0.337 e. The van der Waals surface area contributed by atoms with Gasteiger partial charge in [0.1, 0.15) is 0 Å². The first-order valence-electron chi connectivity index (χ1n) is 8.44. The molecule has 7 nitrogen and oxygen atoms in total. The Bertz CT molecular complexity index is 808. The lowest BCUT2D eigenvalue weighted by atomic mass is 9.73. The third-order valence-corrected chi connectivity index (χ3v) is 5.79. The van der Waals surface area contributed by atoms with Gasteiger partial charge < -0.3 is 10.2 Å². The molecule has 2 N–H and O–H groups in total. The lowest BCUT2D eigenvalue weighted by Crippen LogP contribution is -2.50. The molecule has 2 aliphatic rings. The number of likely N-dealkylation sites (tertiary alicyclic amines) is 1. The zero-order chi connectivity index (χ0) is 18.2. The number of para-hydroxylation sites is 1. The van der Waals surface area contributed by atoms with E-state index in [2.05, 4.69) is 10.0 Å². The summed E-state index contributed by atoms with van der Waals surface area (Å²) in [5.41, 5.74) is 0.995. The van der Waals surface area contributed by atoms with Gasteiger partial charge in [-0.3, -0.25) is 9.59 Å². The van der Waals surface area contributed by atoms with E-state index < -0.39 is 15.4 Å². The molecule has 2 atom stereocenters. The van der Waals surface area contributed by atoms with E-state index in [1.807, 2.05) is 31.2 Å². The molecule has 0 aliphatic carbocycles. The minimum absolute atomic E-state index is 0.0708. The van der Waals surface area contributed by atoms with E-state index in [1.54, 1.807) is 4.90 Å². The van der Waals surface area contributed by atoms with Gasteiger partial charge in [-0.25, -0.2) is 13.1 Å². The summed E-state index contributed by atoms with van der Waals surface area (Å²) in [6.07, 6.45) is 3.08. The number of rotatable bonds is 5. The Morgan fingerprint density at radius 3 is 2.80 bits per heavy atom. The van der Waals surface area contributed by atoms with E-state index in [1.165, 1.54) is 0 Å². The summed E-state index contributed by atoms with van der Waals surface area (Å²) >= 11 is 0. The van der Waals surface area contributed by atoms with E-state index in [-0.39, 0.29) is 24.4 Å². The minimum atomic E-state index is -3.44. The normalized spacial score (nSPS) is 25.3. The first-order chi connectivity index (χ1) is 11.8. The molecular weight excluding hydrogens is 342 g/mol. The number of hydrogen-bond donors (Lipinski definition) is 2. The highest BCUT2D eigenvalue weighted by Gasteiger charge is 2.58. The number of carbonyl (C=O) groups excluding carboxylic acids is 2. The number of carbonyl (C=O) groups is 2. The first-order valence-corrected chi connectivity index (χ1v) is 10.3. The van der Waals surface area contributed by atoms with Gasteiger partial charge in [-0.2, -0.15) is 0 Å². The highest BCUT2D eigenvalue weighted by molar-refractivity contribution is 7.88. The average Bonchev–Trinajstić information content (AvgIpc) is 3.06. The standard InChI is InChI=1S/C17H23N3O4S/c1-3-6-14-17(12-7-4-5-8-13(12)19-16(17)22)9-10-20(14)15(21)11-18-25(2,23)24/h4-5,7-8,14,18H,3,6,9-11H2,1-2H3,(H,19,22)/t14-,17+/m0/s1. The third-order valence-electron chi connectivity index (χ3n) is 5.12. The van der Waals surface area contributed by atoms with Gasteiger partial charge >= 0.3 is 0 Å². The summed E-state index contributed by atoms with van der Waals surface area (Å²) < 4.78 is 24.8. The Balaban J connectivity index is 1.93. The molecule has 25 heavy (non-hydrogen) atoms. The molecule has 0 bridgehead atoms. The summed E-state index contributed by atoms with van der Waals surface area (Å²) in [6.45, 7) is 2.18. The van der Waals surface area contributed by atoms with E-state index in [0.717, 1.165) is 23.9 Å². The quantitative estimate of drug-likeness (QED) is 0.808. The van der Waals surface area contributed by atoms with Crippen LogP contribution in [0, 0.1) is 0 Å². The summed E-state index contributed by atoms with van der Waals surface area (Å²) in [6, 6.07) is 7.33. The zero-order valence-electron chi connectivity index (χ0n) is 14.4. The zero-order valence-corrected chi connectivity index (χ0v) is 15.2. The van der Waals surface area contributed by atoms with Gasteiger partial charge in [0.2, 0.25) is 21.8 Å². The smallest absolute Gasteiger partial charge is 0.237 e. The summed E-state index contributed by atoms with van der Waals surface area (Å²) in [7, 11) is -3.44. The van der Waals surface area contributed by atoms with Crippen molar-refractivity contribution in [1.29, 1.82) is 0 Å². The molecule has 1 fully saturated rings. The summed E-state index contributed by atoms with van der Waals surface area (Å²) in [5.74, 6) is -0.364. The van der Waals surface area contributed by atoms with Crippen LogP contribution in [0.2, 0.25) is 0 Å². The lowest BCUT2D eigenvalue weighted by Gasteiger charge is -2.34. The number of nitrogens with zero attached hydrogens (tertiary/aromatic N) is 1. The van der Waals surface area contributed by atoms with E-state index in [4.69, 9.17) is 0 Å². The Kier molecular flexibility index (Phi) is 4.59. The molecule has 1 aromatic carbocycles. The van der Waals surface area contributed by atoms with Crippen LogP contribution in [-0.2, 0) is 25.0 Å². The number of benzene rings is 1. The van der Waals surface area contributed by atoms with Crippen LogP contribution in [0.3, 0.4) is 0 Å². The second-order valence-electron chi connectivity index (χ2n) is 6.71. The molecule has 1 aromatic rings. The van der Waals surface area contributed by atoms with Crippen molar-refractivity contribution in [1.82, 2.24) is 9.62 Å². The predicted molar refractivity (Wildman–Crippen MR) is 94.6 cm³/mol. The Morgan fingerprint density at radius 2 is 2.12 bits per heavy atom. The average molecular weight is 365 g/mol. The first kappa shape index (κ1) is 17.9. The molecule has 0 unspecified atom stereocenters. The third kappa shape index (κ3) is 3.04. The highest BCUT2D eigenvalue weighted by Crippen LogP contribution is 2.49. The Labute approximate surface area is 147 Å². The topological polar surface area (TPSA) is 95.6 Å². The lowest BCUT2D eigenvalue weighted by molar-refractivity contribution is -0.132. The van der Waals surface area contributed by atoms with Gasteiger partial charge in [-0.05, 0) is 24.5 Å². The van der Waals surface area contributed by atoms with E-state index in [9.17, 15) is 18.0 Å². The van der Waals surface area contributed by atoms with Gasteiger partial charge in [-0.1, -0.05) is 31.5 Å². The molecule has 0 aromatic heterocycles. The van der Waals surface area contributed by atoms with Gasteiger partial charge in [-0.15, -0.1) is 0 Å². The van der Waals surface area contributed by atoms with Crippen molar-refractivity contribution in [3.05, 3.63) is 29.8 Å². The van der Waals surface area contributed by atoms with Crippen LogP contribution < -0.4 is 10.0 Å². The fourth-order valence-electron chi connectivity index (χ4n) is 4.07. The maximum Gasteiger partial charge on any atom is 0.237 e. The van der Waals surface area contributed by atoms with E-state index >= 15 is 0 Å². The number of anilines is 1. The van der Waals surface area contributed by atoms with Gasteiger partial charge in [0.05, 0.1) is 24.3 Å². The van der Waals surface area contributed by atoms with Crippen LogP contribution in [-0.4, -0.2) is 50.5 Å². The number of fused-ring (bicyclic) bond motifs is 2. The molecule has 2 amide bonds. The van der Waals surface area contributed by atoms with Crippen molar-refractivity contribution < 1.29 is 18.0 Å². The molecular formula is C17H23N3O4S. The number of nitrogens with one attached hydrogen (secondary N) is 2. The van der Waals surface area contributed by atoms with Crippen LogP contribution in [0.4, 0.5) is 5.69 Å². The van der Waals surface area contributed by atoms with Crippen molar-refractivity contribution in [2.24, 2.45) is 0 Å². The Morgan fingerprint density at radius 1 is 1.40 bits per heavy atom. The molecule has 1 saturated heterocycles. The Hall–Kier alpha value is -1.93.